The highest BCUT2D eigenvalue weighted by Crippen LogP contribution is 2.25. The average Bonchev–Trinajstić information content (AvgIpc) is 2.66. The van der Waals surface area contributed by atoms with Crippen LogP contribution in [0.5, 0.6) is 0 Å². The van der Waals surface area contributed by atoms with E-state index in [2.05, 4.69) is 16.0 Å². The molecule has 0 atom stereocenters. The minimum atomic E-state index is -0.572. The molecular weight excluding hydrogens is 420 g/mol. The third-order valence-corrected chi connectivity index (χ3v) is 4.64. The molecule has 0 spiro atoms. The summed E-state index contributed by atoms with van der Waals surface area (Å²) >= 11 is 17.1. The minimum absolute atomic E-state index is 0.0169. The summed E-state index contributed by atoms with van der Waals surface area (Å²) in [4.78, 5) is 12.1. The Morgan fingerprint density at radius 1 is 0.786 bits per heavy atom. The predicted octanol–water partition coefficient (Wildman–Crippen LogP) is 6.19. The van der Waals surface area contributed by atoms with Crippen molar-refractivity contribution in [2.75, 3.05) is 16.0 Å². The van der Waals surface area contributed by atoms with Crippen molar-refractivity contribution in [1.29, 1.82) is 0 Å². The van der Waals surface area contributed by atoms with Gasteiger partial charge in [-0.1, -0.05) is 35.3 Å². The Bertz CT molecular complexity index is 1030. The highest BCUT2D eigenvalue weighted by molar-refractivity contribution is 7.80. The van der Waals surface area contributed by atoms with Crippen LogP contribution in [-0.4, -0.2) is 11.0 Å². The molecule has 0 radical (unpaired) electrons. The van der Waals surface area contributed by atoms with E-state index in [1.165, 1.54) is 18.2 Å². The van der Waals surface area contributed by atoms with Crippen LogP contribution in [0.4, 0.5) is 21.5 Å². The van der Waals surface area contributed by atoms with E-state index in [1.54, 1.807) is 48.5 Å². The molecule has 3 N–H and O–H groups in total. The van der Waals surface area contributed by atoms with E-state index >= 15 is 0 Å². The summed E-state index contributed by atoms with van der Waals surface area (Å²) < 4.78 is 13.7. The van der Waals surface area contributed by atoms with Gasteiger partial charge in [-0.15, -0.1) is 0 Å². The quantitative estimate of drug-likeness (QED) is 0.429. The molecule has 1 amide bonds. The van der Waals surface area contributed by atoms with Crippen molar-refractivity contribution in [2.45, 2.75) is 0 Å². The van der Waals surface area contributed by atoms with Gasteiger partial charge in [-0.25, -0.2) is 4.39 Å². The third-order valence-electron chi connectivity index (χ3n) is 3.70. The first-order valence-electron chi connectivity index (χ1n) is 8.11. The smallest absolute Gasteiger partial charge is 0.258 e. The van der Waals surface area contributed by atoms with E-state index in [-0.39, 0.29) is 5.56 Å². The number of hydrogen-bond acceptors (Lipinski definition) is 2. The molecule has 0 aliphatic heterocycles. The summed E-state index contributed by atoms with van der Waals surface area (Å²) in [6, 6.07) is 17.7. The molecule has 0 unspecified atom stereocenters. The van der Waals surface area contributed by atoms with Crippen LogP contribution >= 0.6 is 35.4 Å². The van der Waals surface area contributed by atoms with E-state index in [9.17, 15) is 9.18 Å². The second kappa shape index (κ2) is 9.01. The minimum Gasteiger partial charge on any atom is -0.332 e. The molecule has 0 heterocycles. The Hall–Kier alpha value is -2.67. The number of carbonyl (C=O) groups excluding carboxylic acids is 1. The topological polar surface area (TPSA) is 53.2 Å². The number of rotatable bonds is 4. The van der Waals surface area contributed by atoms with Crippen LogP contribution in [0, 0.1) is 5.82 Å². The molecule has 3 aromatic rings. The number of carbonyl (C=O) groups is 1. The highest BCUT2D eigenvalue weighted by Gasteiger charge is 2.11. The first-order valence-corrected chi connectivity index (χ1v) is 9.28. The van der Waals surface area contributed by atoms with Gasteiger partial charge in [-0.3, -0.25) is 4.79 Å². The fourth-order valence-electron chi connectivity index (χ4n) is 2.35. The number of benzene rings is 3. The zero-order valence-electron chi connectivity index (χ0n) is 14.3. The second-order valence-electron chi connectivity index (χ2n) is 5.72. The maximum atomic E-state index is 13.7. The monoisotopic (exact) mass is 433 g/mol. The Morgan fingerprint density at radius 2 is 1.36 bits per heavy atom. The summed E-state index contributed by atoms with van der Waals surface area (Å²) in [6.45, 7) is 0. The van der Waals surface area contributed by atoms with Crippen LogP contribution < -0.4 is 16.0 Å². The van der Waals surface area contributed by atoms with E-state index in [0.29, 0.717) is 32.2 Å². The molecule has 3 rings (SSSR count). The molecular formula is C20H14Cl2FN3OS. The molecule has 8 heteroatoms. The van der Waals surface area contributed by atoms with Crippen molar-refractivity contribution < 1.29 is 9.18 Å². The van der Waals surface area contributed by atoms with Crippen LogP contribution in [0.2, 0.25) is 10.0 Å². The number of hydrogen-bond donors (Lipinski definition) is 3. The fraction of sp³-hybridized carbons (Fsp3) is 0. The molecule has 28 heavy (non-hydrogen) atoms. The molecule has 0 saturated heterocycles. The lowest BCUT2D eigenvalue weighted by Gasteiger charge is -2.12. The van der Waals surface area contributed by atoms with E-state index < -0.39 is 11.7 Å². The van der Waals surface area contributed by atoms with Crippen LogP contribution in [0.15, 0.2) is 66.7 Å². The van der Waals surface area contributed by atoms with Gasteiger partial charge < -0.3 is 16.0 Å². The molecule has 4 nitrogen and oxygen atoms in total. The van der Waals surface area contributed by atoms with Crippen molar-refractivity contribution in [3.05, 3.63) is 88.2 Å². The molecule has 0 saturated carbocycles. The zero-order chi connectivity index (χ0) is 20.1. The lowest BCUT2D eigenvalue weighted by Crippen LogP contribution is -2.19. The molecule has 3 aromatic carbocycles. The van der Waals surface area contributed by atoms with Crippen LogP contribution in [0.25, 0.3) is 0 Å². The summed E-state index contributed by atoms with van der Waals surface area (Å²) in [6.07, 6.45) is 0. The van der Waals surface area contributed by atoms with Crippen molar-refractivity contribution in [2.24, 2.45) is 0 Å². The van der Waals surface area contributed by atoms with Crippen molar-refractivity contribution >= 4 is 63.5 Å². The molecule has 0 aromatic heterocycles. The van der Waals surface area contributed by atoms with Crippen LogP contribution in [0.3, 0.4) is 0 Å². The molecule has 0 aliphatic rings. The number of amides is 1. The maximum Gasteiger partial charge on any atom is 0.258 e. The zero-order valence-corrected chi connectivity index (χ0v) is 16.6. The number of thiocarbonyl (C=S) groups is 1. The van der Waals surface area contributed by atoms with Gasteiger partial charge in [0.25, 0.3) is 5.91 Å². The van der Waals surface area contributed by atoms with E-state index in [4.69, 9.17) is 35.4 Å². The fourth-order valence-corrected chi connectivity index (χ4v) is 2.88. The molecule has 142 valence electrons. The third kappa shape index (κ3) is 5.19. The summed E-state index contributed by atoms with van der Waals surface area (Å²) in [5.74, 6) is -1.09. The average molecular weight is 434 g/mol. The summed E-state index contributed by atoms with van der Waals surface area (Å²) in [5, 5.41) is 9.91. The lowest BCUT2D eigenvalue weighted by molar-refractivity contribution is 0.102. The predicted molar refractivity (Wildman–Crippen MR) is 117 cm³/mol. The van der Waals surface area contributed by atoms with Gasteiger partial charge in [0.15, 0.2) is 5.11 Å². The van der Waals surface area contributed by atoms with Gasteiger partial charge in [-0.05, 0) is 66.8 Å². The first kappa shape index (κ1) is 20.1. The Kier molecular flexibility index (Phi) is 6.46. The Balaban J connectivity index is 1.59. The lowest BCUT2D eigenvalue weighted by atomic mass is 10.2. The first-order chi connectivity index (χ1) is 13.4. The standard InChI is InChI=1S/C20H14Cl2FN3OS/c21-16-10-9-14(11-17(16)22)26-20(28)25-13-7-5-12(6-8-13)24-19(27)15-3-1-2-4-18(15)23/h1-11H,(H,24,27)(H2,25,26,28). The van der Waals surface area contributed by atoms with Gasteiger partial charge in [0, 0.05) is 17.1 Å². The number of anilines is 3. The van der Waals surface area contributed by atoms with Gasteiger partial charge in [0.05, 0.1) is 15.6 Å². The Labute approximate surface area is 176 Å². The van der Waals surface area contributed by atoms with E-state index in [1.807, 2.05) is 0 Å². The van der Waals surface area contributed by atoms with Gasteiger partial charge >= 0.3 is 0 Å². The van der Waals surface area contributed by atoms with Crippen molar-refractivity contribution in [3.63, 3.8) is 0 Å². The normalized spacial score (nSPS) is 10.2. The van der Waals surface area contributed by atoms with Gasteiger partial charge in [0.2, 0.25) is 0 Å². The van der Waals surface area contributed by atoms with Gasteiger partial charge in [-0.2, -0.15) is 0 Å². The molecule has 0 fully saturated rings. The largest absolute Gasteiger partial charge is 0.332 e. The van der Waals surface area contributed by atoms with Crippen molar-refractivity contribution in [1.82, 2.24) is 0 Å². The molecule has 0 bridgehead atoms. The number of nitrogens with one attached hydrogen (secondary N) is 3. The van der Waals surface area contributed by atoms with Crippen molar-refractivity contribution in [3.8, 4) is 0 Å². The second-order valence-corrected chi connectivity index (χ2v) is 6.94. The summed E-state index contributed by atoms with van der Waals surface area (Å²) in [7, 11) is 0. The maximum absolute atomic E-state index is 13.7. The van der Waals surface area contributed by atoms with Crippen LogP contribution in [0.1, 0.15) is 10.4 Å². The van der Waals surface area contributed by atoms with Gasteiger partial charge in [0.1, 0.15) is 5.82 Å². The molecule has 0 aliphatic carbocycles. The highest BCUT2D eigenvalue weighted by atomic mass is 35.5. The number of halogens is 3. The van der Waals surface area contributed by atoms with E-state index in [0.717, 1.165) is 0 Å². The Morgan fingerprint density at radius 3 is 2.00 bits per heavy atom. The SMILES string of the molecule is O=C(Nc1ccc(NC(=S)Nc2ccc(Cl)c(Cl)c2)cc1)c1ccccc1F. The summed E-state index contributed by atoms with van der Waals surface area (Å²) in [5.41, 5.74) is 1.92. The van der Waals surface area contributed by atoms with Crippen LogP contribution in [-0.2, 0) is 0 Å².